The van der Waals surface area contributed by atoms with Gasteiger partial charge in [-0.3, -0.25) is 0 Å². The summed E-state index contributed by atoms with van der Waals surface area (Å²) in [6, 6.07) is 0. The summed E-state index contributed by atoms with van der Waals surface area (Å²) in [5.74, 6) is 0. The van der Waals surface area contributed by atoms with E-state index in [1.54, 1.807) is 0 Å². The third kappa shape index (κ3) is 36.5. The van der Waals surface area contributed by atoms with Gasteiger partial charge in [-0.05, 0) is 46.7 Å². The Labute approximate surface area is 300 Å². The number of hydrogen-bond donors (Lipinski definition) is 2. The Hall–Kier alpha value is -1.25. The predicted octanol–water partition coefficient (Wildman–Crippen LogP) is 1.46. The van der Waals surface area contributed by atoms with Crippen LogP contribution in [-0.4, -0.2) is 189 Å². The number of alkyl carbamates (subject to hydrolysis) is 1. The molecule has 0 atom stereocenters. The van der Waals surface area contributed by atoms with Crippen molar-refractivity contribution in [2.75, 3.05) is 172 Å². The molecule has 0 spiro atoms. The maximum Gasteiger partial charge on any atom is 0.407 e. The first kappa shape index (κ1) is 46.8. The average molecular weight is 729 g/mol. The fourth-order valence-electron chi connectivity index (χ4n) is 4.08. The van der Waals surface area contributed by atoms with Crippen molar-refractivity contribution >= 4 is 6.09 Å². The molecular weight excluding hydrogens is 660 g/mol. The molecule has 298 valence electrons. The summed E-state index contributed by atoms with van der Waals surface area (Å²) in [6.45, 7) is 19.6. The van der Waals surface area contributed by atoms with Crippen LogP contribution in [-0.2, 0) is 61.6 Å². The molecule has 2 N–H and O–H groups in total. The number of hydrogen-bond acceptors (Lipinski definition) is 15. The number of rotatable bonds is 37. The summed E-state index contributed by atoms with van der Waals surface area (Å²) in [5, 5.41) is 5.96. The molecule has 1 rings (SSSR count). The molecule has 16 heteroatoms. The van der Waals surface area contributed by atoms with Gasteiger partial charge in [-0.1, -0.05) is 0 Å². The highest BCUT2D eigenvalue weighted by Gasteiger charge is 2.15. The van der Waals surface area contributed by atoms with Crippen molar-refractivity contribution in [1.29, 1.82) is 0 Å². The Morgan fingerprint density at radius 1 is 0.480 bits per heavy atom. The van der Waals surface area contributed by atoms with E-state index in [2.05, 4.69) is 10.6 Å². The van der Waals surface area contributed by atoms with Crippen molar-refractivity contribution in [2.45, 2.75) is 45.3 Å². The van der Waals surface area contributed by atoms with Crippen LogP contribution in [0.5, 0.6) is 0 Å². The van der Waals surface area contributed by atoms with E-state index in [0.29, 0.717) is 165 Å². The molecule has 50 heavy (non-hydrogen) atoms. The highest BCUT2D eigenvalue weighted by atomic mass is 16.6. The minimum Gasteiger partial charge on any atom is -0.444 e. The number of amides is 1. The first-order valence-corrected chi connectivity index (χ1v) is 18.1. The molecule has 1 heterocycles. The van der Waals surface area contributed by atoms with E-state index >= 15 is 0 Å². The van der Waals surface area contributed by atoms with Gasteiger partial charge in [0.15, 0.2) is 0 Å². The lowest BCUT2D eigenvalue weighted by Crippen LogP contribution is -2.34. The maximum atomic E-state index is 11.5. The fraction of sp³-hybridized carbons (Fsp3) is 0.971. The van der Waals surface area contributed by atoms with E-state index in [4.69, 9.17) is 61.6 Å². The van der Waals surface area contributed by atoms with Gasteiger partial charge >= 0.3 is 6.09 Å². The van der Waals surface area contributed by atoms with Gasteiger partial charge < -0.3 is 72.2 Å². The highest BCUT2D eigenvalue weighted by Crippen LogP contribution is 2.07. The SMILES string of the molecule is CC(C)(C)OC(=O)NCCOCCOCCOCCOCCOCCOCCOCCOCCOCCOCCOCCOC1CCNCC1. The molecule has 0 radical (unpaired) electrons. The Bertz CT molecular complexity index is 714. The molecule has 1 amide bonds. The van der Waals surface area contributed by atoms with Crippen molar-refractivity contribution in [1.82, 2.24) is 10.6 Å². The number of nitrogens with one attached hydrogen (secondary N) is 2. The molecule has 0 unspecified atom stereocenters. The molecule has 1 aliphatic heterocycles. The first-order chi connectivity index (χ1) is 24.5. The number of piperidine rings is 1. The van der Waals surface area contributed by atoms with Crippen LogP contribution in [0.15, 0.2) is 0 Å². The fourth-order valence-corrected chi connectivity index (χ4v) is 4.08. The largest absolute Gasteiger partial charge is 0.444 e. The molecule has 0 aromatic heterocycles. The van der Waals surface area contributed by atoms with Crippen molar-refractivity contribution in [3.63, 3.8) is 0 Å². The van der Waals surface area contributed by atoms with Gasteiger partial charge in [0.2, 0.25) is 0 Å². The van der Waals surface area contributed by atoms with Gasteiger partial charge in [0, 0.05) is 6.54 Å². The van der Waals surface area contributed by atoms with Crippen LogP contribution in [0.25, 0.3) is 0 Å². The van der Waals surface area contributed by atoms with Crippen molar-refractivity contribution in [3.8, 4) is 0 Å². The lowest BCUT2D eigenvalue weighted by Gasteiger charge is -2.22. The number of ether oxygens (including phenoxy) is 13. The number of carbonyl (C=O) groups excluding carboxylic acids is 1. The lowest BCUT2D eigenvalue weighted by atomic mass is 10.1. The third-order valence-corrected chi connectivity index (χ3v) is 6.50. The van der Waals surface area contributed by atoms with E-state index in [1.165, 1.54) is 0 Å². The third-order valence-electron chi connectivity index (χ3n) is 6.50. The van der Waals surface area contributed by atoms with Gasteiger partial charge in [0.25, 0.3) is 0 Å². The van der Waals surface area contributed by atoms with Crippen molar-refractivity contribution in [3.05, 3.63) is 0 Å². The zero-order valence-corrected chi connectivity index (χ0v) is 31.1. The topological polar surface area (TPSA) is 161 Å². The van der Waals surface area contributed by atoms with E-state index in [0.717, 1.165) is 25.9 Å². The summed E-state index contributed by atoms with van der Waals surface area (Å²) < 4.78 is 71.2. The summed E-state index contributed by atoms with van der Waals surface area (Å²) >= 11 is 0. The predicted molar refractivity (Wildman–Crippen MR) is 185 cm³/mol. The molecular formula is C34H68N2O14. The molecule has 0 aromatic rings. The van der Waals surface area contributed by atoms with Crippen LogP contribution >= 0.6 is 0 Å². The molecule has 0 aliphatic carbocycles. The molecule has 1 saturated heterocycles. The van der Waals surface area contributed by atoms with Crippen LogP contribution in [0.3, 0.4) is 0 Å². The standard InChI is InChI=1S/C34H68N2O14/c1-34(2,3)50-33(37)36-8-9-38-10-11-39-12-13-40-14-15-41-16-17-42-18-19-43-20-21-44-22-23-45-24-25-46-26-27-47-28-29-48-30-31-49-32-4-6-35-7-5-32/h32,35H,4-31H2,1-3H3,(H,36,37). The normalized spacial score (nSPS) is 14.0. The summed E-state index contributed by atoms with van der Waals surface area (Å²) in [6.07, 6.45) is 2.07. The van der Waals surface area contributed by atoms with Crippen LogP contribution in [0.1, 0.15) is 33.6 Å². The summed E-state index contributed by atoms with van der Waals surface area (Å²) in [7, 11) is 0. The second-order valence-electron chi connectivity index (χ2n) is 12.0. The number of carbonyl (C=O) groups is 1. The summed E-state index contributed by atoms with van der Waals surface area (Å²) in [5.41, 5.74) is -0.512. The Kier molecular flexibility index (Phi) is 33.8. The maximum absolute atomic E-state index is 11.5. The minimum atomic E-state index is -0.512. The van der Waals surface area contributed by atoms with Crippen molar-refractivity contribution < 1.29 is 66.4 Å². The Morgan fingerprint density at radius 2 is 0.760 bits per heavy atom. The second kappa shape index (κ2) is 36.1. The van der Waals surface area contributed by atoms with Crippen molar-refractivity contribution in [2.24, 2.45) is 0 Å². The molecule has 0 saturated carbocycles. The van der Waals surface area contributed by atoms with Gasteiger partial charge in [-0.2, -0.15) is 0 Å². The van der Waals surface area contributed by atoms with Crippen LogP contribution in [0.2, 0.25) is 0 Å². The van der Waals surface area contributed by atoms with Gasteiger partial charge in [0.1, 0.15) is 5.60 Å². The monoisotopic (exact) mass is 728 g/mol. The van der Waals surface area contributed by atoms with E-state index in [1.807, 2.05) is 20.8 Å². The zero-order chi connectivity index (χ0) is 36.1. The van der Waals surface area contributed by atoms with E-state index in [9.17, 15) is 4.79 Å². The Morgan fingerprint density at radius 3 is 1.06 bits per heavy atom. The van der Waals surface area contributed by atoms with E-state index in [-0.39, 0.29) is 0 Å². The minimum absolute atomic E-state index is 0.367. The molecule has 0 aromatic carbocycles. The molecule has 1 aliphatic rings. The molecule has 16 nitrogen and oxygen atoms in total. The van der Waals surface area contributed by atoms with Gasteiger partial charge in [0.05, 0.1) is 158 Å². The molecule has 1 fully saturated rings. The smallest absolute Gasteiger partial charge is 0.407 e. The lowest BCUT2D eigenvalue weighted by molar-refractivity contribution is -0.0326. The second-order valence-corrected chi connectivity index (χ2v) is 12.0. The average Bonchev–Trinajstić information content (AvgIpc) is 3.09. The van der Waals surface area contributed by atoms with Crippen LogP contribution in [0, 0.1) is 0 Å². The zero-order valence-electron chi connectivity index (χ0n) is 31.1. The van der Waals surface area contributed by atoms with Gasteiger partial charge in [-0.15, -0.1) is 0 Å². The highest BCUT2D eigenvalue weighted by molar-refractivity contribution is 5.67. The summed E-state index contributed by atoms with van der Waals surface area (Å²) in [4.78, 5) is 11.5. The quantitative estimate of drug-likeness (QED) is 0.0885. The Balaban J connectivity index is 1.62. The molecule has 0 bridgehead atoms. The van der Waals surface area contributed by atoms with E-state index < -0.39 is 11.7 Å². The first-order valence-electron chi connectivity index (χ1n) is 18.1. The van der Waals surface area contributed by atoms with Crippen LogP contribution < -0.4 is 10.6 Å². The van der Waals surface area contributed by atoms with Gasteiger partial charge in [-0.25, -0.2) is 4.79 Å². The van der Waals surface area contributed by atoms with Crippen LogP contribution in [0.4, 0.5) is 4.79 Å².